The molecule has 3 N–H and O–H groups in total. The number of ether oxygens (including phenoxy) is 1. The van der Waals surface area contributed by atoms with Gasteiger partial charge in [-0.25, -0.2) is 4.79 Å². The van der Waals surface area contributed by atoms with Gasteiger partial charge in [-0.05, 0) is 59.2 Å². The van der Waals surface area contributed by atoms with Gasteiger partial charge in [-0.2, -0.15) is 0 Å². The van der Waals surface area contributed by atoms with Crippen molar-refractivity contribution in [3.8, 4) is 5.75 Å². The number of amides is 1. The quantitative estimate of drug-likeness (QED) is 0.140. The van der Waals surface area contributed by atoms with E-state index in [9.17, 15) is 14.7 Å². The number of carboxylic acids is 1. The average Bonchev–Trinajstić information content (AvgIpc) is 3.39. The number of nitrogens with zero attached hydrogens (tertiary/aromatic N) is 1. The summed E-state index contributed by atoms with van der Waals surface area (Å²) in [7, 11) is 0. The molecule has 8 heteroatoms. The number of carbonyl (C=O) groups is 2. The first-order valence-corrected chi connectivity index (χ1v) is 14.6. The van der Waals surface area contributed by atoms with Gasteiger partial charge < -0.3 is 20.1 Å². The number of carbonyl (C=O) groups excluding carboxylic acids is 1. The molecule has 0 aliphatic carbocycles. The Morgan fingerprint density at radius 1 is 0.881 bits per heavy atom. The van der Waals surface area contributed by atoms with Gasteiger partial charge in [0.25, 0.3) is 5.91 Å². The van der Waals surface area contributed by atoms with Crippen LogP contribution in [0.25, 0.3) is 10.9 Å². The Kier molecular flexibility index (Phi) is 9.69. The highest BCUT2D eigenvalue weighted by Gasteiger charge is 2.23. The summed E-state index contributed by atoms with van der Waals surface area (Å²) in [5, 5.41) is 13.4. The zero-order valence-corrected chi connectivity index (χ0v) is 24.6. The predicted octanol–water partition coefficient (Wildman–Crippen LogP) is 6.44. The van der Waals surface area contributed by atoms with Crippen molar-refractivity contribution >= 4 is 38.7 Å². The second-order valence-electron chi connectivity index (χ2n) is 10.1. The summed E-state index contributed by atoms with van der Waals surface area (Å²) in [6.07, 6.45) is 1.94. The number of aromatic nitrogens is 1. The molecule has 0 bridgehead atoms. The van der Waals surface area contributed by atoms with Gasteiger partial charge in [0.1, 0.15) is 18.4 Å². The number of rotatable bonds is 13. The number of H-pyrrole nitrogens is 1. The number of hydrogen-bond donors (Lipinski definition) is 3. The van der Waals surface area contributed by atoms with Crippen LogP contribution in [0.15, 0.2) is 114 Å². The van der Waals surface area contributed by atoms with Crippen molar-refractivity contribution in [2.45, 2.75) is 25.6 Å². The Bertz CT molecular complexity index is 1580. The van der Waals surface area contributed by atoms with E-state index < -0.39 is 17.9 Å². The van der Waals surface area contributed by atoms with Crippen LogP contribution >= 0.6 is 15.9 Å². The molecule has 1 atom stereocenters. The number of aliphatic carboxylic acids is 1. The Morgan fingerprint density at radius 3 is 2.14 bits per heavy atom. The van der Waals surface area contributed by atoms with E-state index >= 15 is 0 Å². The summed E-state index contributed by atoms with van der Waals surface area (Å²) in [5.74, 6) is -0.903. The SMILES string of the molecule is O=C(NC(Cc1c[nH]c2ccc(Br)cc12)C(=O)O)c1ccc(OCCN(Cc2ccccc2)Cc2ccccc2)cc1. The first kappa shape index (κ1) is 29.1. The predicted molar refractivity (Wildman–Crippen MR) is 168 cm³/mol. The van der Waals surface area contributed by atoms with Crippen LogP contribution in [0.2, 0.25) is 0 Å². The van der Waals surface area contributed by atoms with Crippen LogP contribution in [0.4, 0.5) is 0 Å². The lowest BCUT2D eigenvalue weighted by atomic mass is 10.0. The summed E-state index contributed by atoms with van der Waals surface area (Å²) >= 11 is 3.46. The van der Waals surface area contributed by atoms with E-state index in [1.165, 1.54) is 11.1 Å². The van der Waals surface area contributed by atoms with Crippen LogP contribution in [-0.4, -0.2) is 46.1 Å². The molecular formula is C34H32BrN3O4. The van der Waals surface area contributed by atoms with E-state index in [-0.39, 0.29) is 6.42 Å². The third-order valence-electron chi connectivity index (χ3n) is 7.05. The van der Waals surface area contributed by atoms with Gasteiger partial charge in [-0.3, -0.25) is 9.69 Å². The standard InChI is InChI=1S/C34H32BrN3O4/c35-28-13-16-31-30(20-28)27(21-36-31)19-32(34(40)41)37-33(39)26-11-14-29(15-12-26)42-18-17-38(22-24-7-3-1-4-8-24)23-25-9-5-2-6-10-25/h1-16,20-21,32,36H,17-19,22-23H2,(H,37,39)(H,40,41). The summed E-state index contributed by atoms with van der Waals surface area (Å²) in [6, 6.07) is 32.2. The lowest BCUT2D eigenvalue weighted by Gasteiger charge is -2.23. The van der Waals surface area contributed by atoms with E-state index in [4.69, 9.17) is 4.74 Å². The molecule has 0 spiro atoms. The number of benzene rings is 4. The van der Waals surface area contributed by atoms with E-state index in [2.05, 4.69) is 55.4 Å². The number of hydrogen-bond acceptors (Lipinski definition) is 4. The third-order valence-corrected chi connectivity index (χ3v) is 7.54. The van der Waals surface area contributed by atoms with E-state index in [1.54, 1.807) is 30.5 Å². The molecule has 0 aliphatic rings. The van der Waals surface area contributed by atoms with Crippen molar-refractivity contribution in [3.05, 3.63) is 136 Å². The Balaban J connectivity index is 1.17. The van der Waals surface area contributed by atoms with E-state index in [0.717, 1.165) is 40.6 Å². The Hall–Kier alpha value is -4.40. The highest BCUT2D eigenvalue weighted by atomic mass is 79.9. The topological polar surface area (TPSA) is 94.7 Å². The van der Waals surface area contributed by atoms with Crippen LogP contribution in [0.5, 0.6) is 5.75 Å². The fourth-order valence-corrected chi connectivity index (χ4v) is 5.23. The molecule has 214 valence electrons. The van der Waals surface area contributed by atoms with E-state index in [0.29, 0.717) is 17.9 Å². The highest BCUT2D eigenvalue weighted by molar-refractivity contribution is 9.10. The number of carboxylic acid groups (broad SMARTS) is 1. The molecule has 0 fully saturated rings. The van der Waals surface area contributed by atoms with Gasteiger partial charge in [-0.1, -0.05) is 76.6 Å². The fraction of sp³-hybridized carbons (Fsp3) is 0.176. The monoisotopic (exact) mass is 625 g/mol. The Labute approximate surface area is 253 Å². The molecule has 0 aliphatic heterocycles. The average molecular weight is 627 g/mol. The lowest BCUT2D eigenvalue weighted by Crippen LogP contribution is -2.42. The minimum atomic E-state index is -1.09. The second-order valence-corrected chi connectivity index (χ2v) is 11.0. The zero-order valence-electron chi connectivity index (χ0n) is 23.0. The van der Waals surface area contributed by atoms with Gasteiger partial charge in [-0.15, -0.1) is 0 Å². The minimum Gasteiger partial charge on any atom is -0.492 e. The highest BCUT2D eigenvalue weighted by Crippen LogP contribution is 2.24. The normalized spacial score (nSPS) is 11.9. The first-order chi connectivity index (χ1) is 20.4. The Morgan fingerprint density at radius 2 is 1.52 bits per heavy atom. The molecular weight excluding hydrogens is 594 g/mol. The third kappa shape index (κ3) is 7.87. The number of aromatic amines is 1. The summed E-state index contributed by atoms with van der Waals surface area (Å²) < 4.78 is 6.91. The molecule has 4 aromatic carbocycles. The largest absolute Gasteiger partial charge is 0.492 e. The molecule has 5 aromatic rings. The zero-order chi connectivity index (χ0) is 29.3. The molecule has 0 saturated heterocycles. The van der Waals surface area contributed by atoms with Crippen molar-refractivity contribution in [2.75, 3.05) is 13.2 Å². The summed E-state index contributed by atoms with van der Waals surface area (Å²) in [4.78, 5) is 30.4. The summed E-state index contributed by atoms with van der Waals surface area (Å²) in [5.41, 5.74) is 4.56. The second kappa shape index (κ2) is 14.0. The number of nitrogens with one attached hydrogen (secondary N) is 2. The molecule has 7 nitrogen and oxygen atoms in total. The van der Waals surface area contributed by atoms with Gasteiger partial charge in [0.15, 0.2) is 0 Å². The van der Waals surface area contributed by atoms with Crippen LogP contribution in [0.3, 0.4) is 0 Å². The van der Waals surface area contributed by atoms with Crippen LogP contribution in [0.1, 0.15) is 27.0 Å². The molecule has 0 radical (unpaired) electrons. The van der Waals surface area contributed by atoms with E-state index in [1.807, 2.05) is 54.6 Å². The molecule has 1 aromatic heterocycles. The minimum absolute atomic E-state index is 0.154. The van der Waals surface area contributed by atoms with Gasteiger partial charge in [0, 0.05) is 53.2 Å². The molecule has 1 heterocycles. The van der Waals surface area contributed by atoms with Crippen molar-refractivity contribution in [3.63, 3.8) is 0 Å². The van der Waals surface area contributed by atoms with Crippen LogP contribution in [-0.2, 0) is 24.3 Å². The van der Waals surface area contributed by atoms with Crippen molar-refractivity contribution < 1.29 is 19.4 Å². The van der Waals surface area contributed by atoms with Gasteiger partial charge >= 0.3 is 5.97 Å². The smallest absolute Gasteiger partial charge is 0.326 e. The van der Waals surface area contributed by atoms with Crippen molar-refractivity contribution in [1.82, 2.24) is 15.2 Å². The maximum absolute atomic E-state index is 12.9. The first-order valence-electron chi connectivity index (χ1n) is 13.8. The molecule has 0 saturated carbocycles. The summed E-state index contributed by atoms with van der Waals surface area (Å²) in [6.45, 7) is 2.81. The maximum atomic E-state index is 12.9. The molecule has 1 amide bonds. The lowest BCUT2D eigenvalue weighted by molar-refractivity contribution is -0.139. The number of halogens is 1. The fourth-order valence-electron chi connectivity index (χ4n) is 4.87. The van der Waals surface area contributed by atoms with Crippen molar-refractivity contribution in [1.29, 1.82) is 0 Å². The number of fused-ring (bicyclic) bond motifs is 1. The molecule has 1 unspecified atom stereocenters. The van der Waals surface area contributed by atoms with Gasteiger partial charge in [0.05, 0.1) is 0 Å². The van der Waals surface area contributed by atoms with Crippen LogP contribution in [0, 0.1) is 0 Å². The molecule has 5 rings (SSSR count). The molecule has 42 heavy (non-hydrogen) atoms. The van der Waals surface area contributed by atoms with Crippen molar-refractivity contribution in [2.24, 2.45) is 0 Å². The maximum Gasteiger partial charge on any atom is 0.326 e. The van der Waals surface area contributed by atoms with Crippen LogP contribution < -0.4 is 10.1 Å². The van der Waals surface area contributed by atoms with Gasteiger partial charge in [0.2, 0.25) is 0 Å².